The average molecular weight is 302 g/mol. The van der Waals surface area contributed by atoms with Gasteiger partial charge in [0, 0.05) is 23.7 Å². The van der Waals surface area contributed by atoms with Crippen LogP contribution in [0.25, 0.3) is 0 Å². The van der Waals surface area contributed by atoms with Crippen LogP contribution in [0.3, 0.4) is 0 Å². The van der Waals surface area contributed by atoms with Crippen molar-refractivity contribution in [2.45, 2.75) is 46.1 Å². The molecule has 0 saturated heterocycles. The molecule has 2 N–H and O–H groups in total. The summed E-state index contributed by atoms with van der Waals surface area (Å²) in [6.07, 6.45) is 2.60. The van der Waals surface area contributed by atoms with Crippen molar-refractivity contribution in [2.75, 3.05) is 13.2 Å². The van der Waals surface area contributed by atoms with Crippen LogP contribution in [0.15, 0.2) is 0 Å². The topological polar surface area (TPSA) is 54.1 Å². The number of hydrogen-bond donors (Lipinski definition) is 2. The molecule has 1 amide bonds. The van der Waals surface area contributed by atoms with Gasteiger partial charge in [-0.05, 0) is 45.8 Å². The van der Waals surface area contributed by atoms with Gasteiger partial charge in [-0.15, -0.1) is 11.3 Å². The van der Waals surface area contributed by atoms with Gasteiger partial charge in [0.1, 0.15) is 0 Å². The van der Waals surface area contributed by atoms with Gasteiger partial charge in [-0.25, -0.2) is 0 Å². The Balaban J connectivity index is 2.15. The summed E-state index contributed by atoms with van der Waals surface area (Å²) in [7, 11) is 0. The molecular weight excluding hydrogens is 280 g/mol. The Kier molecular flexibility index (Phi) is 7.27. The van der Waals surface area contributed by atoms with E-state index in [2.05, 4.69) is 10.3 Å². The number of hydrogen-bond acceptors (Lipinski definition) is 4. The van der Waals surface area contributed by atoms with E-state index >= 15 is 0 Å². The average Bonchev–Trinajstić information content (AvgIpc) is 2.62. The van der Waals surface area contributed by atoms with E-state index in [1.807, 2.05) is 20.8 Å². The first kappa shape index (κ1) is 16.3. The number of carbonyl (C=O) groups is 1. The number of rotatable bonds is 8. The summed E-state index contributed by atoms with van der Waals surface area (Å²) in [5.74, 6) is 0.0538. The third kappa shape index (κ3) is 6.84. The van der Waals surface area contributed by atoms with Gasteiger partial charge < -0.3 is 15.0 Å². The van der Waals surface area contributed by atoms with Gasteiger partial charge in [-0.2, -0.15) is 0 Å². The molecule has 4 nitrogen and oxygen atoms in total. The fraction of sp³-hybridized carbons (Fsp3) is 0.692. The van der Waals surface area contributed by atoms with Crippen LogP contribution in [0.5, 0.6) is 0 Å². The Hall–Kier alpha value is -0.720. The molecule has 0 aromatic carbocycles. The van der Waals surface area contributed by atoms with Crippen molar-refractivity contribution in [1.82, 2.24) is 10.3 Å². The number of H-pyrrole nitrogens is 1. The highest BCUT2D eigenvalue weighted by Gasteiger charge is 2.07. The number of aromatic nitrogens is 1. The van der Waals surface area contributed by atoms with Crippen LogP contribution in [-0.4, -0.2) is 30.1 Å². The summed E-state index contributed by atoms with van der Waals surface area (Å²) in [6, 6.07) is 0. The summed E-state index contributed by atoms with van der Waals surface area (Å²) >= 11 is 6.52. The molecule has 0 saturated carbocycles. The number of aryl methyl sites for hydroxylation is 1. The van der Waals surface area contributed by atoms with E-state index in [0.717, 1.165) is 34.0 Å². The number of aromatic amines is 1. The standard InChI is InChI=1S/C13H22N2O2S2/c1-9(2)17-7-5-4-6-14-12(16)8-11-10(3)15-13(18)19-11/h9H,4-8H2,1-3H3,(H,14,16)(H,15,18). The van der Waals surface area contributed by atoms with Gasteiger partial charge in [0.2, 0.25) is 5.91 Å². The number of ether oxygens (including phenoxy) is 1. The van der Waals surface area contributed by atoms with Crippen LogP contribution in [0, 0.1) is 10.9 Å². The van der Waals surface area contributed by atoms with E-state index < -0.39 is 0 Å². The van der Waals surface area contributed by atoms with E-state index in [-0.39, 0.29) is 12.0 Å². The molecule has 0 spiro atoms. The molecule has 108 valence electrons. The fourth-order valence-electron chi connectivity index (χ4n) is 1.59. The molecule has 0 fully saturated rings. The van der Waals surface area contributed by atoms with Gasteiger partial charge in [-0.1, -0.05) is 0 Å². The highest BCUT2D eigenvalue weighted by atomic mass is 32.1. The van der Waals surface area contributed by atoms with Crippen molar-refractivity contribution in [3.63, 3.8) is 0 Å². The third-order valence-corrected chi connectivity index (χ3v) is 3.93. The Bertz CT molecular complexity index is 452. The first-order chi connectivity index (χ1) is 8.99. The normalized spacial score (nSPS) is 10.9. The minimum Gasteiger partial charge on any atom is -0.379 e. The molecular formula is C13H22N2O2S2. The third-order valence-electron chi connectivity index (χ3n) is 2.59. The summed E-state index contributed by atoms with van der Waals surface area (Å²) in [4.78, 5) is 15.8. The second-order valence-corrected chi connectivity index (χ2v) is 6.49. The van der Waals surface area contributed by atoms with Crippen molar-refractivity contribution in [1.29, 1.82) is 0 Å². The maximum Gasteiger partial charge on any atom is 0.225 e. The molecule has 19 heavy (non-hydrogen) atoms. The van der Waals surface area contributed by atoms with Crippen molar-refractivity contribution < 1.29 is 9.53 Å². The highest BCUT2D eigenvalue weighted by Crippen LogP contribution is 2.14. The number of nitrogens with one attached hydrogen (secondary N) is 2. The smallest absolute Gasteiger partial charge is 0.225 e. The molecule has 1 heterocycles. The largest absolute Gasteiger partial charge is 0.379 e. The first-order valence-corrected chi connectivity index (χ1v) is 7.78. The highest BCUT2D eigenvalue weighted by molar-refractivity contribution is 7.73. The lowest BCUT2D eigenvalue weighted by Gasteiger charge is -2.07. The Morgan fingerprint density at radius 3 is 2.79 bits per heavy atom. The Morgan fingerprint density at radius 1 is 1.47 bits per heavy atom. The SMILES string of the molecule is Cc1[nH]c(=S)sc1CC(=O)NCCCCOC(C)C. The van der Waals surface area contributed by atoms with E-state index in [4.69, 9.17) is 17.0 Å². The van der Waals surface area contributed by atoms with Gasteiger partial charge in [0.15, 0.2) is 3.95 Å². The molecule has 0 aliphatic rings. The molecule has 1 rings (SSSR count). The van der Waals surface area contributed by atoms with E-state index in [1.54, 1.807) is 0 Å². The zero-order chi connectivity index (χ0) is 14.3. The number of amides is 1. The second kappa shape index (κ2) is 8.45. The van der Waals surface area contributed by atoms with Gasteiger partial charge >= 0.3 is 0 Å². The maximum atomic E-state index is 11.7. The lowest BCUT2D eigenvalue weighted by atomic mass is 10.2. The predicted octanol–water partition coefficient (Wildman–Crippen LogP) is 2.98. The molecule has 0 aliphatic carbocycles. The number of carbonyl (C=O) groups excluding carboxylic acids is 1. The van der Waals surface area contributed by atoms with Crippen LogP contribution < -0.4 is 5.32 Å². The van der Waals surface area contributed by atoms with Gasteiger partial charge in [-0.3, -0.25) is 4.79 Å². The Labute approximate surface area is 123 Å². The quantitative estimate of drug-likeness (QED) is 0.573. The van der Waals surface area contributed by atoms with Crippen molar-refractivity contribution in [2.24, 2.45) is 0 Å². The van der Waals surface area contributed by atoms with Crippen molar-refractivity contribution >= 4 is 29.5 Å². The Morgan fingerprint density at radius 2 is 2.21 bits per heavy atom. The molecule has 6 heteroatoms. The minimum absolute atomic E-state index is 0.0538. The molecule has 1 aromatic heterocycles. The summed E-state index contributed by atoms with van der Waals surface area (Å²) in [5, 5.41) is 2.92. The van der Waals surface area contributed by atoms with Crippen LogP contribution in [0.2, 0.25) is 0 Å². The van der Waals surface area contributed by atoms with Crippen LogP contribution >= 0.6 is 23.6 Å². The summed E-state index contributed by atoms with van der Waals surface area (Å²) < 4.78 is 6.16. The molecule has 0 aliphatic heterocycles. The lowest BCUT2D eigenvalue weighted by molar-refractivity contribution is -0.120. The minimum atomic E-state index is 0.0538. The van der Waals surface area contributed by atoms with Crippen LogP contribution in [0.4, 0.5) is 0 Å². The summed E-state index contributed by atoms with van der Waals surface area (Å²) in [5.41, 5.74) is 0.996. The second-order valence-electron chi connectivity index (χ2n) is 4.72. The van der Waals surface area contributed by atoms with E-state index in [1.165, 1.54) is 11.3 Å². The maximum absolute atomic E-state index is 11.7. The molecule has 0 radical (unpaired) electrons. The fourth-order valence-corrected chi connectivity index (χ4v) is 2.88. The predicted molar refractivity (Wildman–Crippen MR) is 81.3 cm³/mol. The van der Waals surface area contributed by atoms with Gasteiger partial charge in [0.05, 0.1) is 12.5 Å². The van der Waals surface area contributed by atoms with Crippen molar-refractivity contribution in [3.05, 3.63) is 14.5 Å². The zero-order valence-corrected chi connectivity index (χ0v) is 13.4. The van der Waals surface area contributed by atoms with Crippen LogP contribution in [0.1, 0.15) is 37.3 Å². The molecule has 0 atom stereocenters. The summed E-state index contributed by atoms with van der Waals surface area (Å²) in [6.45, 7) is 7.45. The van der Waals surface area contributed by atoms with Crippen LogP contribution in [-0.2, 0) is 16.0 Å². The van der Waals surface area contributed by atoms with E-state index in [0.29, 0.717) is 13.0 Å². The molecule has 1 aromatic rings. The monoisotopic (exact) mass is 302 g/mol. The molecule has 0 bridgehead atoms. The lowest BCUT2D eigenvalue weighted by Crippen LogP contribution is -2.26. The van der Waals surface area contributed by atoms with Gasteiger partial charge in [0.25, 0.3) is 0 Å². The van der Waals surface area contributed by atoms with Crippen molar-refractivity contribution in [3.8, 4) is 0 Å². The number of thiazole rings is 1. The molecule has 0 unspecified atom stereocenters. The zero-order valence-electron chi connectivity index (χ0n) is 11.7. The number of unbranched alkanes of at least 4 members (excludes halogenated alkanes) is 1. The first-order valence-electron chi connectivity index (χ1n) is 6.56. The van der Waals surface area contributed by atoms with E-state index in [9.17, 15) is 4.79 Å².